The molecule has 0 aliphatic rings. The van der Waals surface area contributed by atoms with Crippen LogP contribution in [0.3, 0.4) is 0 Å². The lowest BCUT2D eigenvalue weighted by molar-refractivity contribution is -0.131. The van der Waals surface area contributed by atoms with Gasteiger partial charge in [-0.25, -0.2) is 4.79 Å². The van der Waals surface area contributed by atoms with Crippen LogP contribution in [0.25, 0.3) is 11.2 Å². The summed E-state index contributed by atoms with van der Waals surface area (Å²) < 4.78 is 12.6. The molecule has 0 saturated heterocycles. The lowest BCUT2D eigenvalue weighted by atomic mass is 10.1. The molecule has 0 spiro atoms. The zero-order valence-electron chi connectivity index (χ0n) is 23.1. The van der Waals surface area contributed by atoms with Gasteiger partial charge in [0.1, 0.15) is 11.3 Å². The Morgan fingerprint density at radius 1 is 1.18 bits per heavy atom. The van der Waals surface area contributed by atoms with E-state index in [1.807, 2.05) is 19.1 Å². The molecule has 14 nitrogen and oxygen atoms in total. The number of aryl methyl sites for hydroxylation is 1. The van der Waals surface area contributed by atoms with Crippen molar-refractivity contribution in [2.75, 3.05) is 25.4 Å². The highest BCUT2D eigenvalue weighted by Gasteiger charge is 2.16. The van der Waals surface area contributed by atoms with Gasteiger partial charge in [-0.3, -0.25) is 14.3 Å². The maximum absolute atomic E-state index is 12.7. The van der Waals surface area contributed by atoms with Gasteiger partial charge in [-0.2, -0.15) is 15.2 Å². The van der Waals surface area contributed by atoms with Crippen LogP contribution < -0.4 is 20.9 Å². The number of aromatic amines is 2. The van der Waals surface area contributed by atoms with Crippen molar-refractivity contribution in [2.24, 2.45) is 0 Å². The summed E-state index contributed by atoms with van der Waals surface area (Å²) in [7, 11) is 0. The average Bonchev–Trinajstić information content (AvgIpc) is 3.55. The molecule has 0 aliphatic carbocycles. The molecule has 0 aliphatic heterocycles. The summed E-state index contributed by atoms with van der Waals surface area (Å²) in [6.45, 7) is 8.46. The number of esters is 1. The second-order valence-electron chi connectivity index (χ2n) is 9.57. The topological polar surface area (TPSA) is 183 Å². The molecule has 0 bridgehead atoms. The number of fused-ring (bicyclic) bond motifs is 1. The summed E-state index contributed by atoms with van der Waals surface area (Å²) in [6.07, 6.45) is 4.02. The second-order valence-corrected chi connectivity index (χ2v) is 9.57. The number of rotatable bonds is 15. The van der Waals surface area contributed by atoms with Gasteiger partial charge in [0.15, 0.2) is 17.3 Å². The summed E-state index contributed by atoms with van der Waals surface area (Å²) in [5.74, 6) is 1.02. The number of unbranched alkanes of at least 4 members (excludes halogenated alkanes) is 2. The first kappa shape index (κ1) is 28.7. The monoisotopic (exact) mass is 552 g/mol. The van der Waals surface area contributed by atoms with Crippen LogP contribution in [-0.2, 0) is 24.3 Å². The molecule has 0 fully saturated rings. The predicted octanol–water partition coefficient (Wildman–Crippen LogP) is 2.15. The van der Waals surface area contributed by atoms with Crippen LogP contribution in [0.4, 0.5) is 5.82 Å². The van der Waals surface area contributed by atoms with Gasteiger partial charge in [0.05, 0.1) is 6.61 Å². The third kappa shape index (κ3) is 7.40. The van der Waals surface area contributed by atoms with Crippen LogP contribution >= 0.6 is 0 Å². The van der Waals surface area contributed by atoms with Crippen LogP contribution in [0, 0.1) is 6.92 Å². The first-order valence-electron chi connectivity index (χ1n) is 13.5. The Morgan fingerprint density at radius 3 is 2.77 bits per heavy atom. The minimum atomic E-state index is -0.353. The highest BCUT2D eigenvalue weighted by molar-refractivity contribution is 5.81. The van der Waals surface area contributed by atoms with Crippen LogP contribution in [0.1, 0.15) is 56.5 Å². The standard InChI is InChI=1S/C26H36N10O4/c1-4-5-15-39-25-29-23(27)22-24(30-25)36(26(38)28-22)13-7-6-12-35(14-11-21-31-33-34-32-21)16-19-9-8-10-20(17(19)2)40-18(3)37/h8-10H,4-7,11-16H2,1-3H3,(H,28,38)(H2,27,29,30)(H,31,32,33,34). The Morgan fingerprint density at radius 2 is 2.02 bits per heavy atom. The Bertz CT molecular complexity index is 1460. The molecule has 4 aromatic rings. The molecule has 3 aromatic heterocycles. The van der Waals surface area contributed by atoms with Crippen molar-refractivity contribution in [3.8, 4) is 11.8 Å². The third-order valence-electron chi connectivity index (χ3n) is 6.55. The van der Waals surface area contributed by atoms with Crippen molar-refractivity contribution in [3.05, 3.63) is 45.6 Å². The summed E-state index contributed by atoms with van der Waals surface area (Å²) >= 11 is 0. The largest absolute Gasteiger partial charge is 0.463 e. The Balaban J connectivity index is 1.43. The molecule has 4 N–H and O–H groups in total. The first-order chi connectivity index (χ1) is 19.4. The third-order valence-corrected chi connectivity index (χ3v) is 6.55. The Labute approximate surface area is 231 Å². The van der Waals surface area contributed by atoms with E-state index < -0.39 is 0 Å². The summed E-state index contributed by atoms with van der Waals surface area (Å²) in [5, 5.41) is 14.2. The molecule has 0 unspecified atom stereocenters. The van der Waals surface area contributed by atoms with Gasteiger partial charge in [0.25, 0.3) is 0 Å². The quantitative estimate of drug-likeness (QED) is 0.112. The van der Waals surface area contributed by atoms with Crippen molar-refractivity contribution in [3.63, 3.8) is 0 Å². The van der Waals surface area contributed by atoms with E-state index in [2.05, 4.69) is 47.4 Å². The van der Waals surface area contributed by atoms with Crippen LogP contribution in [0.15, 0.2) is 23.0 Å². The van der Waals surface area contributed by atoms with Crippen molar-refractivity contribution in [2.45, 2.75) is 66.0 Å². The number of imidazole rings is 1. The van der Waals surface area contributed by atoms with Gasteiger partial charge in [-0.15, -0.1) is 10.2 Å². The van der Waals surface area contributed by atoms with E-state index in [0.717, 1.165) is 43.4 Å². The number of nitrogens with zero attached hydrogens (tertiary/aromatic N) is 7. The second kappa shape index (κ2) is 13.6. The number of tetrazole rings is 1. The molecule has 0 radical (unpaired) electrons. The molecular weight excluding hydrogens is 516 g/mol. The van der Waals surface area contributed by atoms with E-state index in [1.54, 1.807) is 10.6 Å². The number of ether oxygens (including phenoxy) is 2. The van der Waals surface area contributed by atoms with E-state index >= 15 is 0 Å². The number of nitrogen functional groups attached to an aromatic ring is 1. The number of carbonyl (C=O) groups excluding carboxylic acids is 1. The fraction of sp³-hybridized carbons (Fsp3) is 0.500. The van der Waals surface area contributed by atoms with Gasteiger partial charge >= 0.3 is 17.7 Å². The molecular formula is C26H36N10O4. The van der Waals surface area contributed by atoms with Crippen molar-refractivity contribution in [1.29, 1.82) is 0 Å². The minimum Gasteiger partial charge on any atom is -0.463 e. The van der Waals surface area contributed by atoms with Crippen LogP contribution in [0.2, 0.25) is 0 Å². The Hall–Kier alpha value is -4.33. The summed E-state index contributed by atoms with van der Waals surface area (Å²) in [6, 6.07) is 5.87. The minimum absolute atomic E-state index is 0.171. The average molecular weight is 553 g/mol. The van der Waals surface area contributed by atoms with Crippen molar-refractivity contribution in [1.82, 2.24) is 45.0 Å². The molecule has 40 heavy (non-hydrogen) atoms. The number of H-pyrrole nitrogens is 2. The number of carbonyl (C=O) groups is 1. The maximum atomic E-state index is 12.7. The van der Waals surface area contributed by atoms with Crippen molar-refractivity contribution >= 4 is 23.0 Å². The van der Waals surface area contributed by atoms with Gasteiger partial charge in [-0.05, 0) is 49.9 Å². The highest BCUT2D eigenvalue weighted by atomic mass is 16.5. The maximum Gasteiger partial charge on any atom is 0.327 e. The SMILES string of the molecule is CCCCOc1nc(N)c2[nH]c(=O)n(CCCCN(CCc3nn[nH]n3)Cc3cccc(OC(C)=O)c3C)c2n1. The molecule has 0 amide bonds. The number of anilines is 1. The number of hydrogen-bond donors (Lipinski definition) is 3. The van der Waals surface area contributed by atoms with Gasteiger partial charge in [0, 0.05) is 33.0 Å². The van der Waals surface area contributed by atoms with E-state index in [-0.39, 0.29) is 23.5 Å². The smallest absolute Gasteiger partial charge is 0.327 e. The first-order valence-corrected chi connectivity index (χ1v) is 13.5. The van der Waals surface area contributed by atoms with Crippen LogP contribution in [0.5, 0.6) is 11.8 Å². The summed E-state index contributed by atoms with van der Waals surface area (Å²) in [4.78, 5) is 37.9. The number of nitrogens with two attached hydrogens (primary N) is 1. The number of nitrogens with one attached hydrogen (secondary N) is 2. The lowest BCUT2D eigenvalue weighted by Gasteiger charge is -2.23. The van der Waals surface area contributed by atoms with E-state index in [4.69, 9.17) is 15.2 Å². The van der Waals surface area contributed by atoms with Gasteiger partial charge in [-0.1, -0.05) is 30.7 Å². The van der Waals surface area contributed by atoms with E-state index in [9.17, 15) is 9.59 Å². The Kier molecular flexibility index (Phi) is 9.78. The fourth-order valence-corrected chi connectivity index (χ4v) is 4.37. The lowest BCUT2D eigenvalue weighted by Crippen LogP contribution is -2.28. The molecule has 0 saturated carbocycles. The van der Waals surface area contributed by atoms with E-state index in [1.165, 1.54) is 6.92 Å². The summed E-state index contributed by atoms with van der Waals surface area (Å²) in [5.41, 5.74) is 8.62. The highest BCUT2D eigenvalue weighted by Crippen LogP contribution is 2.23. The predicted molar refractivity (Wildman–Crippen MR) is 148 cm³/mol. The molecule has 1 aromatic carbocycles. The molecule has 14 heteroatoms. The molecule has 3 heterocycles. The molecule has 4 rings (SSSR count). The van der Waals surface area contributed by atoms with Gasteiger partial charge in [0.2, 0.25) is 0 Å². The van der Waals surface area contributed by atoms with Crippen LogP contribution in [-0.4, -0.2) is 70.7 Å². The number of benzene rings is 1. The number of hydrogen-bond acceptors (Lipinski definition) is 11. The van der Waals surface area contributed by atoms with E-state index in [0.29, 0.717) is 55.4 Å². The zero-order chi connectivity index (χ0) is 28.5. The number of aromatic nitrogens is 8. The normalized spacial score (nSPS) is 11.4. The fourth-order valence-electron chi connectivity index (χ4n) is 4.37. The molecule has 0 atom stereocenters. The van der Waals surface area contributed by atoms with Gasteiger partial charge < -0.3 is 20.2 Å². The molecule has 214 valence electrons. The van der Waals surface area contributed by atoms with Crippen molar-refractivity contribution < 1.29 is 14.3 Å². The zero-order valence-corrected chi connectivity index (χ0v) is 23.1.